The third-order valence-electron chi connectivity index (χ3n) is 3.46. The average molecular weight is 265 g/mol. The van der Waals surface area contributed by atoms with Crippen LogP contribution in [0, 0.1) is 0 Å². The van der Waals surface area contributed by atoms with Crippen LogP contribution < -0.4 is 10.5 Å². The molecule has 0 bridgehead atoms. The zero-order chi connectivity index (χ0) is 13.7. The molecular weight excluding hydrogens is 242 g/mol. The SMILES string of the molecule is CCCN1CCOC(CN)C1c1cccc(OC)n1. The van der Waals surface area contributed by atoms with Crippen molar-refractivity contribution in [3.05, 3.63) is 23.9 Å². The van der Waals surface area contributed by atoms with E-state index in [1.165, 1.54) is 0 Å². The van der Waals surface area contributed by atoms with Crippen molar-refractivity contribution in [3.63, 3.8) is 0 Å². The molecule has 0 amide bonds. The van der Waals surface area contributed by atoms with Gasteiger partial charge in [-0.25, -0.2) is 4.98 Å². The summed E-state index contributed by atoms with van der Waals surface area (Å²) in [4.78, 5) is 6.95. The van der Waals surface area contributed by atoms with E-state index in [0.717, 1.165) is 31.8 Å². The second kappa shape index (κ2) is 6.84. The summed E-state index contributed by atoms with van der Waals surface area (Å²) in [7, 11) is 1.63. The number of nitrogens with two attached hydrogens (primary N) is 1. The number of pyridine rings is 1. The lowest BCUT2D eigenvalue weighted by Gasteiger charge is -2.40. The Hall–Kier alpha value is -1.17. The highest BCUT2D eigenvalue weighted by molar-refractivity contribution is 5.20. The summed E-state index contributed by atoms with van der Waals surface area (Å²) in [5, 5.41) is 0. The third-order valence-corrected chi connectivity index (χ3v) is 3.46. The molecule has 19 heavy (non-hydrogen) atoms. The maximum Gasteiger partial charge on any atom is 0.213 e. The Labute approximate surface area is 114 Å². The van der Waals surface area contributed by atoms with Gasteiger partial charge in [0, 0.05) is 19.2 Å². The molecule has 0 aromatic carbocycles. The van der Waals surface area contributed by atoms with E-state index in [2.05, 4.69) is 16.8 Å². The van der Waals surface area contributed by atoms with E-state index in [4.69, 9.17) is 15.2 Å². The zero-order valence-corrected chi connectivity index (χ0v) is 11.7. The van der Waals surface area contributed by atoms with E-state index in [1.54, 1.807) is 7.11 Å². The largest absolute Gasteiger partial charge is 0.481 e. The van der Waals surface area contributed by atoms with Crippen molar-refractivity contribution < 1.29 is 9.47 Å². The van der Waals surface area contributed by atoms with E-state index in [0.29, 0.717) is 12.4 Å². The number of aromatic nitrogens is 1. The van der Waals surface area contributed by atoms with Crippen LogP contribution in [-0.2, 0) is 4.74 Å². The van der Waals surface area contributed by atoms with Crippen LogP contribution in [0.3, 0.4) is 0 Å². The highest BCUT2D eigenvalue weighted by atomic mass is 16.5. The lowest BCUT2D eigenvalue weighted by atomic mass is 10.0. The highest BCUT2D eigenvalue weighted by Crippen LogP contribution is 2.29. The molecule has 1 aliphatic heterocycles. The van der Waals surface area contributed by atoms with Gasteiger partial charge >= 0.3 is 0 Å². The fourth-order valence-electron chi connectivity index (χ4n) is 2.61. The number of morpholine rings is 1. The smallest absolute Gasteiger partial charge is 0.213 e. The molecule has 0 aliphatic carbocycles. The summed E-state index contributed by atoms with van der Waals surface area (Å²) in [5.74, 6) is 0.635. The van der Waals surface area contributed by atoms with Gasteiger partial charge in [-0.15, -0.1) is 0 Å². The Morgan fingerprint density at radius 3 is 3.05 bits per heavy atom. The van der Waals surface area contributed by atoms with Crippen LogP contribution in [0.25, 0.3) is 0 Å². The fraction of sp³-hybridized carbons (Fsp3) is 0.643. The first kappa shape index (κ1) is 14.2. The van der Waals surface area contributed by atoms with Crippen molar-refractivity contribution in [2.24, 2.45) is 5.73 Å². The minimum absolute atomic E-state index is 0.0000869. The molecule has 2 heterocycles. The molecule has 2 unspecified atom stereocenters. The maximum atomic E-state index is 5.85. The Morgan fingerprint density at radius 1 is 1.53 bits per heavy atom. The predicted octanol–water partition coefficient (Wildman–Crippen LogP) is 1.20. The summed E-state index contributed by atoms with van der Waals surface area (Å²) in [5.41, 5.74) is 6.82. The Balaban J connectivity index is 2.27. The van der Waals surface area contributed by atoms with Crippen molar-refractivity contribution >= 4 is 0 Å². The normalized spacial score (nSPS) is 24.4. The molecule has 1 aliphatic rings. The van der Waals surface area contributed by atoms with Crippen LogP contribution in [0.15, 0.2) is 18.2 Å². The van der Waals surface area contributed by atoms with Crippen molar-refractivity contribution in [1.82, 2.24) is 9.88 Å². The topological polar surface area (TPSA) is 60.6 Å². The molecule has 5 heteroatoms. The Morgan fingerprint density at radius 2 is 2.37 bits per heavy atom. The summed E-state index contributed by atoms with van der Waals surface area (Å²) >= 11 is 0. The third kappa shape index (κ3) is 3.23. The fourth-order valence-corrected chi connectivity index (χ4v) is 2.61. The second-order valence-corrected chi connectivity index (χ2v) is 4.73. The van der Waals surface area contributed by atoms with Gasteiger partial charge in [0.15, 0.2) is 0 Å². The number of nitrogens with zero attached hydrogens (tertiary/aromatic N) is 2. The van der Waals surface area contributed by atoms with Crippen molar-refractivity contribution in [2.75, 3.05) is 33.4 Å². The molecule has 1 aromatic heterocycles. The van der Waals surface area contributed by atoms with Crippen LogP contribution in [0.5, 0.6) is 5.88 Å². The van der Waals surface area contributed by atoms with Crippen LogP contribution >= 0.6 is 0 Å². The van der Waals surface area contributed by atoms with Crippen LogP contribution in [0.2, 0.25) is 0 Å². The van der Waals surface area contributed by atoms with Gasteiger partial charge in [0.05, 0.1) is 31.6 Å². The van der Waals surface area contributed by atoms with Gasteiger partial charge in [-0.2, -0.15) is 0 Å². The zero-order valence-electron chi connectivity index (χ0n) is 11.7. The van der Waals surface area contributed by atoms with Crippen LogP contribution in [0.1, 0.15) is 25.1 Å². The molecular formula is C14H23N3O2. The molecule has 0 radical (unpaired) electrons. The second-order valence-electron chi connectivity index (χ2n) is 4.73. The molecule has 2 rings (SSSR count). The summed E-state index contributed by atoms with van der Waals surface area (Å²) in [6.07, 6.45) is 1.11. The van der Waals surface area contributed by atoms with Gasteiger partial charge in [0.2, 0.25) is 5.88 Å². The molecule has 0 spiro atoms. The van der Waals surface area contributed by atoms with Crippen molar-refractivity contribution in [3.8, 4) is 5.88 Å². The quantitative estimate of drug-likeness (QED) is 0.867. The standard InChI is InChI=1S/C14H23N3O2/c1-3-7-17-8-9-19-12(10-15)14(17)11-5-4-6-13(16-11)18-2/h4-6,12,14H,3,7-10,15H2,1-2H3. The van der Waals surface area contributed by atoms with Gasteiger partial charge in [-0.05, 0) is 19.0 Å². The van der Waals surface area contributed by atoms with E-state index < -0.39 is 0 Å². The van der Waals surface area contributed by atoms with E-state index in [9.17, 15) is 0 Å². The minimum Gasteiger partial charge on any atom is -0.481 e. The number of hydrogen-bond acceptors (Lipinski definition) is 5. The van der Waals surface area contributed by atoms with Gasteiger partial charge in [-0.3, -0.25) is 4.90 Å². The first-order valence-electron chi connectivity index (χ1n) is 6.86. The summed E-state index contributed by atoms with van der Waals surface area (Å²) < 4.78 is 11.0. The Kier molecular flexibility index (Phi) is 5.13. The molecule has 0 saturated carbocycles. The van der Waals surface area contributed by atoms with Crippen LogP contribution in [-0.4, -0.2) is 49.3 Å². The minimum atomic E-state index is -0.0000869. The summed E-state index contributed by atoms with van der Waals surface area (Å²) in [6.45, 7) is 5.38. The van der Waals surface area contributed by atoms with Crippen LogP contribution in [0.4, 0.5) is 0 Å². The molecule has 5 nitrogen and oxygen atoms in total. The van der Waals surface area contributed by atoms with Crippen molar-refractivity contribution in [1.29, 1.82) is 0 Å². The van der Waals surface area contributed by atoms with E-state index >= 15 is 0 Å². The first-order chi connectivity index (χ1) is 9.30. The lowest BCUT2D eigenvalue weighted by molar-refractivity contribution is -0.0690. The number of rotatable bonds is 5. The predicted molar refractivity (Wildman–Crippen MR) is 74.2 cm³/mol. The van der Waals surface area contributed by atoms with Gasteiger partial charge < -0.3 is 15.2 Å². The molecule has 106 valence electrons. The maximum absolute atomic E-state index is 5.85. The first-order valence-corrected chi connectivity index (χ1v) is 6.86. The number of hydrogen-bond donors (Lipinski definition) is 1. The van der Waals surface area contributed by atoms with Gasteiger partial charge in [0.25, 0.3) is 0 Å². The van der Waals surface area contributed by atoms with Gasteiger partial charge in [-0.1, -0.05) is 13.0 Å². The Bertz CT molecular complexity index is 398. The number of methoxy groups -OCH3 is 1. The van der Waals surface area contributed by atoms with Gasteiger partial charge in [0.1, 0.15) is 0 Å². The molecule has 2 atom stereocenters. The summed E-state index contributed by atoms with van der Waals surface area (Å²) in [6, 6.07) is 5.96. The number of ether oxygens (including phenoxy) is 2. The molecule has 1 fully saturated rings. The monoisotopic (exact) mass is 265 g/mol. The molecule has 1 aromatic rings. The molecule has 1 saturated heterocycles. The van der Waals surface area contributed by atoms with E-state index in [1.807, 2.05) is 18.2 Å². The lowest BCUT2D eigenvalue weighted by Crippen LogP contribution is -2.48. The highest BCUT2D eigenvalue weighted by Gasteiger charge is 2.33. The van der Waals surface area contributed by atoms with E-state index in [-0.39, 0.29) is 12.1 Å². The average Bonchev–Trinajstić information content (AvgIpc) is 2.47. The van der Waals surface area contributed by atoms with Crippen molar-refractivity contribution in [2.45, 2.75) is 25.5 Å². The molecule has 2 N–H and O–H groups in total.